The largest absolute Gasteiger partial charge is 0.486 e. The van der Waals surface area contributed by atoms with E-state index in [-0.39, 0.29) is 18.3 Å². The third-order valence-corrected chi connectivity index (χ3v) is 5.21. The molecule has 0 saturated carbocycles. The molecule has 2 heterocycles. The van der Waals surface area contributed by atoms with Crippen molar-refractivity contribution < 1.29 is 23.5 Å². The topological polar surface area (TPSA) is 69.0 Å². The minimum absolute atomic E-state index is 0.142. The first-order valence-electron chi connectivity index (χ1n) is 9.03. The van der Waals surface area contributed by atoms with Crippen LogP contribution in [0.1, 0.15) is 21.9 Å². The quantitative estimate of drug-likeness (QED) is 0.534. The molecule has 3 aromatic rings. The number of hydrogen-bond donors (Lipinski definition) is 0. The monoisotopic (exact) mass is 455 g/mol. The maximum Gasteiger partial charge on any atom is 0.329 e. The molecule has 1 amide bonds. The lowest BCUT2D eigenvalue weighted by molar-refractivity contribution is -0.141. The number of rotatable bonds is 5. The van der Waals surface area contributed by atoms with Gasteiger partial charge in [-0.3, -0.25) is 9.69 Å². The number of fused-ring (bicyclic) bond motifs is 1. The summed E-state index contributed by atoms with van der Waals surface area (Å²) in [6.45, 7) is 0.181. The van der Waals surface area contributed by atoms with Gasteiger partial charge in [0, 0.05) is 16.6 Å². The van der Waals surface area contributed by atoms with Gasteiger partial charge in [-0.1, -0.05) is 40.2 Å². The van der Waals surface area contributed by atoms with Crippen molar-refractivity contribution in [3.05, 3.63) is 82.2 Å². The summed E-state index contributed by atoms with van der Waals surface area (Å²) in [7, 11) is 1.32. The van der Waals surface area contributed by atoms with Crippen molar-refractivity contribution in [2.24, 2.45) is 0 Å². The van der Waals surface area contributed by atoms with Crippen LogP contribution in [0, 0.1) is 0 Å². The number of ether oxygens (including phenoxy) is 2. The lowest BCUT2D eigenvalue weighted by Gasteiger charge is -2.22. The van der Waals surface area contributed by atoms with Gasteiger partial charge >= 0.3 is 5.97 Å². The molecule has 0 N–H and O–H groups in total. The fourth-order valence-electron chi connectivity index (χ4n) is 3.36. The Balaban J connectivity index is 1.53. The van der Waals surface area contributed by atoms with E-state index in [4.69, 9.17) is 13.9 Å². The Morgan fingerprint density at radius 3 is 2.76 bits per heavy atom. The molecular weight excluding hydrogens is 438 g/mol. The van der Waals surface area contributed by atoms with Gasteiger partial charge in [-0.2, -0.15) is 0 Å². The molecule has 2 aromatic carbocycles. The van der Waals surface area contributed by atoms with E-state index >= 15 is 0 Å². The van der Waals surface area contributed by atoms with Crippen LogP contribution >= 0.6 is 15.9 Å². The molecule has 1 aliphatic heterocycles. The molecule has 7 heteroatoms. The minimum atomic E-state index is -0.712. The van der Waals surface area contributed by atoms with Crippen molar-refractivity contribution in [1.29, 1.82) is 0 Å². The normalized spacial score (nSPS) is 15.1. The highest BCUT2D eigenvalue weighted by Crippen LogP contribution is 2.34. The molecule has 0 saturated heterocycles. The number of para-hydroxylation sites is 1. The van der Waals surface area contributed by atoms with E-state index in [1.165, 1.54) is 12.0 Å². The molecule has 1 aliphatic rings. The van der Waals surface area contributed by atoms with Crippen LogP contribution in [0.15, 0.2) is 69.6 Å². The zero-order valence-electron chi connectivity index (χ0n) is 15.6. The van der Waals surface area contributed by atoms with Crippen molar-refractivity contribution in [3.63, 3.8) is 0 Å². The second-order valence-corrected chi connectivity index (χ2v) is 7.47. The van der Waals surface area contributed by atoms with Gasteiger partial charge in [0.2, 0.25) is 0 Å². The third-order valence-electron chi connectivity index (χ3n) is 4.72. The van der Waals surface area contributed by atoms with Gasteiger partial charge in [0.1, 0.15) is 24.2 Å². The van der Waals surface area contributed by atoms with Crippen molar-refractivity contribution in [1.82, 2.24) is 0 Å². The molecule has 29 heavy (non-hydrogen) atoms. The Morgan fingerprint density at radius 2 is 1.97 bits per heavy atom. The average molecular weight is 456 g/mol. The van der Waals surface area contributed by atoms with E-state index in [0.717, 1.165) is 10.0 Å². The van der Waals surface area contributed by atoms with E-state index in [9.17, 15) is 9.59 Å². The summed E-state index contributed by atoms with van der Waals surface area (Å²) in [5, 5.41) is 0. The Morgan fingerprint density at radius 1 is 1.14 bits per heavy atom. The zero-order valence-corrected chi connectivity index (χ0v) is 17.2. The molecule has 1 unspecified atom stereocenters. The molecular formula is C22H18BrNO5. The molecule has 0 fully saturated rings. The van der Waals surface area contributed by atoms with Gasteiger partial charge in [-0.25, -0.2) is 4.79 Å². The number of anilines is 1. The van der Waals surface area contributed by atoms with Crippen molar-refractivity contribution in [2.75, 3.05) is 12.0 Å². The van der Waals surface area contributed by atoms with Crippen LogP contribution in [-0.4, -0.2) is 25.0 Å². The van der Waals surface area contributed by atoms with Gasteiger partial charge in [0.15, 0.2) is 5.76 Å². The number of nitrogens with zero attached hydrogens (tertiary/aromatic N) is 1. The standard InChI is InChI=1S/C22H18BrNO5/c1-27-22(26)19-11-14-5-2-3-8-18(14)24(19)21(25)20-10-9-17(29-20)13-28-16-7-4-6-15(23)12-16/h2-10,12,19H,11,13H2,1H3. The fraction of sp³-hybridized carbons (Fsp3) is 0.182. The summed E-state index contributed by atoms with van der Waals surface area (Å²) in [5.41, 5.74) is 1.61. The summed E-state index contributed by atoms with van der Waals surface area (Å²) in [4.78, 5) is 26.8. The highest BCUT2D eigenvalue weighted by atomic mass is 79.9. The Labute approximate surface area is 176 Å². The Kier molecular flexibility index (Phi) is 5.40. The highest BCUT2D eigenvalue weighted by molar-refractivity contribution is 9.10. The summed E-state index contributed by atoms with van der Waals surface area (Å²) >= 11 is 3.39. The van der Waals surface area contributed by atoms with Crippen LogP contribution in [-0.2, 0) is 22.6 Å². The number of benzene rings is 2. The first-order chi connectivity index (χ1) is 14.1. The molecule has 0 bridgehead atoms. The summed E-state index contributed by atoms with van der Waals surface area (Å²) < 4.78 is 17.2. The SMILES string of the molecule is COC(=O)C1Cc2ccccc2N1C(=O)c1ccc(COc2cccc(Br)c2)o1. The molecule has 1 atom stereocenters. The lowest BCUT2D eigenvalue weighted by atomic mass is 10.1. The minimum Gasteiger partial charge on any atom is -0.486 e. The molecule has 0 radical (unpaired) electrons. The van der Waals surface area contributed by atoms with Gasteiger partial charge in [0.25, 0.3) is 5.91 Å². The molecule has 148 valence electrons. The van der Waals surface area contributed by atoms with Crippen LogP contribution in [0.4, 0.5) is 5.69 Å². The van der Waals surface area contributed by atoms with Gasteiger partial charge in [-0.05, 0) is 42.0 Å². The van der Waals surface area contributed by atoms with Gasteiger partial charge < -0.3 is 13.9 Å². The van der Waals surface area contributed by atoms with Crippen LogP contribution in [0.3, 0.4) is 0 Å². The van der Waals surface area contributed by atoms with Crippen LogP contribution in [0.25, 0.3) is 0 Å². The fourth-order valence-corrected chi connectivity index (χ4v) is 3.74. The number of methoxy groups -OCH3 is 1. The number of furan rings is 1. The summed E-state index contributed by atoms with van der Waals surface area (Å²) in [6, 6.07) is 17.5. The second kappa shape index (κ2) is 8.13. The Bertz CT molecular complexity index is 1060. The first-order valence-corrected chi connectivity index (χ1v) is 9.82. The van der Waals surface area contributed by atoms with Crippen LogP contribution in [0.5, 0.6) is 5.75 Å². The number of carbonyl (C=O) groups excluding carboxylic acids is 2. The zero-order chi connectivity index (χ0) is 20.4. The summed E-state index contributed by atoms with van der Waals surface area (Å²) in [5.74, 6) is 0.486. The number of carbonyl (C=O) groups is 2. The second-order valence-electron chi connectivity index (χ2n) is 6.56. The van der Waals surface area contributed by atoms with Crippen molar-refractivity contribution in [3.8, 4) is 5.75 Å². The number of hydrogen-bond acceptors (Lipinski definition) is 5. The van der Waals surface area contributed by atoms with E-state index in [1.54, 1.807) is 12.1 Å². The average Bonchev–Trinajstić information content (AvgIpc) is 3.36. The van der Waals surface area contributed by atoms with Crippen molar-refractivity contribution >= 4 is 33.5 Å². The third kappa shape index (κ3) is 3.91. The van der Waals surface area contributed by atoms with Gasteiger partial charge in [-0.15, -0.1) is 0 Å². The highest BCUT2D eigenvalue weighted by Gasteiger charge is 2.40. The predicted octanol–water partition coefficient (Wildman–Crippen LogP) is 4.37. The van der Waals surface area contributed by atoms with E-state index < -0.39 is 12.0 Å². The predicted molar refractivity (Wildman–Crippen MR) is 110 cm³/mol. The number of esters is 1. The molecule has 0 spiro atoms. The molecule has 1 aromatic heterocycles. The van der Waals surface area contributed by atoms with Crippen molar-refractivity contribution in [2.45, 2.75) is 19.1 Å². The van der Waals surface area contributed by atoms with Crippen LogP contribution in [0.2, 0.25) is 0 Å². The first kappa shape index (κ1) is 19.3. The van der Waals surface area contributed by atoms with Gasteiger partial charge in [0.05, 0.1) is 7.11 Å². The smallest absolute Gasteiger partial charge is 0.329 e. The van der Waals surface area contributed by atoms with Crippen LogP contribution < -0.4 is 9.64 Å². The van der Waals surface area contributed by atoms with E-state index in [0.29, 0.717) is 23.6 Å². The number of halogens is 1. The van der Waals surface area contributed by atoms with E-state index in [1.807, 2.05) is 48.5 Å². The molecule has 0 aliphatic carbocycles. The lowest BCUT2D eigenvalue weighted by Crippen LogP contribution is -2.43. The maximum atomic E-state index is 13.2. The molecule has 6 nitrogen and oxygen atoms in total. The number of amides is 1. The van der Waals surface area contributed by atoms with E-state index in [2.05, 4.69) is 15.9 Å². The Hall–Kier alpha value is -3.06. The summed E-state index contributed by atoms with van der Waals surface area (Å²) in [6.07, 6.45) is 0.411. The molecule has 4 rings (SSSR count). The maximum absolute atomic E-state index is 13.2.